The monoisotopic (exact) mass is 316 g/mol. The Kier molecular flexibility index (Phi) is 4.40. The van der Waals surface area contributed by atoms with Gasteiger partial charge in [-0.15, -0.1) is 0 Å². The quantitative estimate of drug-likeness (QED) is 0.789. The molecular formula is C14H24N2O4S. The van der Waals surface area contributed by atoms with Gasteiger partial charge in [0.05, 0.1) is 11.3 Å². The molecule has 120 valence electrons. The minimum atomic E-state index is -3.18. The van der Waals surface area contributed by atoms with Gasteiger partial charge >= 0.3 is 6.09 Å². The molecule has 0 unspecified atom stereocenters. The zero-order valence-corrected chi connectivity index (χ0v) is 13.2. The maximum atomic E-state index is 12.4. The van der Waals surface area contributed by atoms with Crippen LogP contribution in [0.5, 0.6) is 0 Å². The van der Waals surface area contributed by atoms with Crippen molar-refractivity contribution in [3.05, 3.63) is 0 Å². The van der Waals surface area contributed by atoms with E-state index >= 15 is 0 Å². The number of nitrogens with zero attached hydrogens (tertiary/aromatic N) is 2. The highest BCUT2D eigenvalue weighted by molar-refractivity contribution is 7.90. The van der Waals surface area contributed by atoms with Crippen molar-refractivity contribution in [3.8, 4) is 0 Å². The van der Waals surface area contributed by atoms with E-state index < -0.39 is 10.0 Å². The summed E-state index contributed by atoms with van der Waals surface area (Å²) in [6.07, 6.45) is 6.02. The first-order valence-corrected chi connectivity index (χ1v) is 9.52. The molecule has 2 heterocycles. The number of rotatable bonds is 4. The molecule has 0 aromatic rings. The highest BCUT2D eigenvalue weighted by atomic mass is 32.2. The number of piperidine rings is 1. The van der Waals surface area contributed by atoms with Crippen LogP contribution in [0, 0.1) is 0 Å². The summed E-state index contributed by atoms with van der Waals surface area (Å²) in [5, 5.41) is -0.188. The number of amides is 1. The van der Waals surface area contributed by atoms with Crippen molar-refractivity contribution in [2.24, 2.45) is 0 Å². The van der Waals surface area contributed by atoms with Gasteiger partial charge in [0.15, 0.2) is 0 Å². The van der Waals surface area contributed by atoms with Crippen LogP contribution in [-0.2, 0) is 14.8 Å². The number of hydrogen-bond acceptors (Lipinski definition) is 4. The first-order valence-electron chi connectivity index (χ1n) is 8.01. The van der Waals surface area contributed by atoms with E-state index in [2.05, 4.69) is 0 Å². The Bertz CT molecular complexity index is 483. The summed E-state index contributed by atoms with van der Waals surface area (Å²) in [7, 11) is -3.18. The lowest BCUT2D eigenvalue weighted by Gasteiger charge is -2.34. The van der Waals surface area contributed by atoms with Gasteiger partial charge < -0.3 is 9.64 Å². The van der Waals surface area contributed by atoms with E-state index in [9.17, 15) is 13.2 Å². The van der Waals surface area contributed by atoms with E-state index in [1.807, 2.05) is 0 Å². The van der Waals surface area contributed by atoms with Gasteiger partial charge in [-0.3, -0.25) is 0 Å². The Balaban J connectivity index is 1.58. The molecule has 0 aromatic heterocycles. The fourth-order valence-corrected chi connectivity index (χ4v) is 5.27. The third-order valence-corrected chi connectivity index (χ3v) is 7.06. The van der Waals surface area contributed by atoms with Crippen molar-refractivity contribution in [1.29, 1.82) is 0 Å². The molecule has 6 nitrogen and oxygen atoms in total. The third kappa shape index (κ3) is 3.34. The van der Waals surface area contributed by atoms with Crippen molar-refractivity contribution >= 4 is 16.1 Å². The summed E-state index contributed by atoms with van der Waals surface area (Å²) < 4.78 is 31.8. The molecule has 0 spiro atoms. The van der Waals surface area contributed by atoms with Crippen LogP contribution in [0.3, 0.4) is 0 Å². The van der Waals surface area contributed by atoms with Crippen molar-refractivity contribution < 1.29 is 17.9 Å². The largest absolute Gasteiger partial charge is 0.448 e. The molecule has 0 aromatic carbocycles. The molecule has 3 rings (SSSR count). The van der Waals surface area contributed by atoms with Gasteiger partial charge in [-0.25, -0.2) is 13.2 Å². The lowest BCUT2D eigenvalue weighted by atomic mass is 10.1. The zero-order chi connectivity index (χ0) is 14.9. The molecule has 3 fully saturated rings. The van der Waals surface area contributed by atoms with E-state index in [1.54, 1.807) is 9.21 Å². The average molecular weight is 316 g/mol. The lowest BCUT2D eigenvalue weighted by molar-refractivity contribution is 0.0798. The van der Waals surface area contributed by atoms with Crippen molar-refractivity contribution in [2.45, 2.75) is 56.2 Å². The highest BCUT2D eigenvalue weighted by Gasteiger charge is 2.43. The number of sulfonamides is 1. The number of ether oxygens (including phenoxy) is 1. The van der Waals surface area contributed by atoms with Gasteiger partial charge in [0, 0.05) is 19.6 Å². The first-order chi connectivity index (χ1) is 10.1. The Labute approximate surface area is 126 Å². The smallest absolute Gasteiger partial charge is 0.409 e. The van der Waals surface area contributed by atoms with Crippen LogP contribution in [0.25, 0.3) is 0 Å². The fourth-order valence-electron chi connectivity index (χ4n) is 3.19. The molecule has 2 saturated heterocycles. The average Bonchev–Trinajstić information content (AvgIpc) is 3.21. The SMILES string of the molecule is O=C(OC[C@H]1CCCCN1S(=O)(=O)C1CC1)N1CCCC1. The molecular weight excluding hydrogens is 292 g/mol. The molecule has 7 heteroatoms. The van der Waals surface area contributed by atoms with Crippen molar-refractivity contribution in [3.63, 3.8) is 0 Å². The predicted octanol–water partition coefficient (Wildman–Crippen LogP) is 1.57. The molecule has 0 N–H and O–H groups in total. The van der Waals surface area contributed by atoms with Gasteiger partial charge in [-0.2, -0.15) is 4.31 Å². The summed E-state index contributed by atoms with van der Waals surface area (Å²) in [4.78, 5) is 13.6. The Morgan fingerprint density at radius 3 is 2.33 bits per heavy atom. The van der Waals surface area contributed by atoms with Crippen LogP contribution < -0.4 is 0 Å². The van der Waals surface area contributed by atoms with Crippen molar-refractivity contribution in [2.75, 3.05) is 26.2 Å². The third-order valence-electron chi connectivity index (χ3n) is 4.61. The molecule has 1 amide bonds. The van der Waals surface area contributed by atoms with E-state index in [4.69, 9.17) is 4.74 Å². The molecule has 1 saturated carbocycles. The van der Waals surface area contributed by atoms with Gasteiger partial charge in [-0.05, 0) is 38.5 Å². The second-order valence-electron chi connectivity index (χ2n) is 6.28. The van der Waals surface area contributed by atoms with Crippen molar-refractivity contribution in [1.82, 2.24) is 9.21 Å². The van der Waals surface area contributed by atoms with Crippen LogP contribution >= 0.6 is 0 Å². The second kappa shape index (κ2) is 6.12. The van der Waals surface area contributed by atoms with Crippen LogP contribution in [0.15, 0.2) is 0 Å². The lowest BCUT2D eigenvalue weighted by Crippen LogP contribution is -2.48. The van der Waals surface area contributed by atoms with Crippen LogP contribution in [0.2, 0.25) is 0 Å². The molecule has 0 radical (unpaired) electrons. The fraction of sp³-hybridized carbons (Fsp3) is 0.929. The van der Waals surface area contributed by atoms with Gasteiger partial charge in [-0.1, -0.05) is 6.42 Å². The zero-order valence-electron chi connectivity index (χ0n) is 12.4. The van der Waals surface area contributed by atoms with E-state index in [-0.39, 0.29) is 24.0 Å². The molecule has 2 aliphatic heterocycles. The predicted molar refractivity (Wildman–Crippen MR) is 78.4 cm³/mol. The van der Waals surface area contributed by atoms with E-state index in [0.717, 1.165) is 58.0 Å². The van der Waals surface area contributed by atoms with Gasteiger partial charge in [0.2, 0.25) is 10.0 Å². The van der Waals surface area contributed by atoms with E-state index in [1.165, 1.54) is 0 Å². The van der Waals surface area contributed by atoms with E-state index in [0.29, 0.717) is 6.54 Å². The highest BCUT2D eigenvalue weighted by Crippen LogP contribution is 2.34. The number of likely N-dealkylation sites (tertiary alicyclic amines) is 1. The molecule has 3 aliphatic rings. The van der Waals surface area contributed by atoms with Gasteiger partial charge in [0.25, 0.3) is 0 Å². The topological polar surface area (TPSA) is 66.9 Å². The Morgan fingerprint density at radius 2 is 1.67 bits per heavy atom. The second-order valence-corrected chi connectivity index (χ2v) is 8.44. The maximum absolute atomic E-state index is 12.4. The van der Waals surface area contributed by atoms with Crippen LogP contribution in [0.4, 0.5) is 4.79 Å². The normalized spacial score (nSPS) is 27.8. The summed E-state index contributed by atoms with van der Waals surface area (Å²) in [6, 6.07) is -0.170. The summed E-state index contributed by atoms with van der Waals surface area (Å²) >= 11 is 0. The summed E-state index contributed by atoms with van der Waals surface area (Å²) in [6.45, 7) is 2.28. The van der Waals surface area contributed by atoms with Crippen LogP contribution in [-0.4, -0.2) is 61.2 Å². The standard InChI is InChI=1S/C14H24N2O4S/c17-14(15-8-3-4-9-15)20-11-12-5-1-2-10-16(12)21(18,19)13-6-7-13/h12-13H,1-11H2/t12-/m1/s1. The molecule has 1 atom stereocenters. The Hall–Kier alpha value is -0.820. The molecule has 21 heavy (non-hydrogen) atoms. The first kappa shape index (κ1) is 15.1. The minimum Gasteiger partial charge on any atom is -0.448 e. The number of hydrogen-bond donors (Lipinski definition) is 0. The summed E-state index contributed by atoms with van der Waals surface area (Å²) in [5.41, 5.74) is 0. The number of carbonyl (C=O) groups is 1. The molecule has 1 aliphatic carbocycles. The molecule has 0 bridgehead atoms. The summed E-state index contributed by atoms with van der Waals surface area (Å²) in [5.74, 6) is 0. The Morgan fingerprint density at radius 1 is 1.00 bits per heavy atom. The van der Waals surface area contributed by atoms with Crippen LogP contribution in [0.1, 0.15) is 44.9 Å². The maximum Gasteiger partial charge on any atom is 0.409 e. The minimum absolute atomic E-state index is 0.170. The van der Waals surface area contributed by atoms with Gasteiger partial charge in [0.1, 0.15) is 6.61 Å². The number of carbonyl (C=O) groups excluding carboxylic acids is 1.